The van der Waals surface area contributed by atoms with Crippen molar-refractivity contribution in [2.24, 2.45) is 0 Å². The Morgan fingerprint density at radius 2 is 1.60 bits per heavy atom. The fourth-order valence-corrected chi connectivity index (χ4v) is 6.96. The van der Waals surface area contributed by atoms with Gasteiger partial charge in [-0.15, -0.1) is 0 Å². The molecule has 0 bridgehead atoms. The Hall–Kier alpha value is -2.63. The molecule has 2 aromatic carbocycles. The molecule has 0 unspecified atom stereocenters. The van der Waals surface area contributed by atoms with Crippen LogP contribution >= 0.6 is 0 Å². The molecule has 2 aromatic rings. The second-order valence-corrected chi connectivity index (χ2v) is 12.7. The van der Waals surface area contributed by atoms with Crippen LogP contribution in [-0.2, 0) is 24.8 Å². The van der Waals surface area contributed by atoms with E-state index in [1.807, 2.05) is 19.1 Å². The van der Waals surface area contributed by atoms with Crippen molar-refractivity contribution < 1.29 is 26.4 Å². The van der Waals surface area contributed by atoms with Gasteiger partial charge in [-0.1, -0.05) is 24.1 Å². The van der Waals surface area contributed by atoms with Gasteiger partial charge in [-0.3, -0.25) is 9.10 Å². The first-order valence-corrected chi connectivity index (χ1v) is 14.7. The summed E-state index contributed by atoms with van der Waals surface area (Å²) < 4.78 is 59.3. The molecule has 0 atom stereocenters. The molecule has 0 aliphatic carbocycles. The number of amides is 1. The van der Waals surface area contributed by atoms with Gasteiger partial charge in [-0.25, -0.2) is 16.8 Å². The van der Waals surface area contributed by atoms with E-state index in [1.165, 1.54) is 29.6 Å². The number of nitrogens with one attached hydrogen (secondary N) is 1. The van der Waals surface area contributed by atoms with Crippen molar-refractivity contribution in [3.8, 4) is 5.75 Å². The number of aryl methyl sites for hydroxylation is 3. The van der Waals surface area contributed by atoms with Crippen molar-refractivity contribution in [2.45, 2.75) is 44.9 Å². The van der Waals surface area contributed by atoms with Gasteiger partial charge in [0.2, 0.25) is 26.0 Å². The average molecular weight is 524 g/mol. The number of carbonyl (C=O) groups is 1. The van der Waals surface area contributed by atoms with Crippen LogP contribution in [0.2, 0.25) is 0 Å². The Morgan fingerprint density at radius 1 is 1.00 bits per heavy atom. The summed E-state index contributed by atoms with van der Waals surface area (Å²) >= 11 is 0. The van der Waals surface area contributed by atoms with E-state index < -0.39 is 32.5 Å². The minimum Gasteiger partial charge on any atom is -0.495 e. The third kappa shape index (κ3) is 6.14. The van der Waals surface area contributed by atoms with Crippen molar-refractivity contribution in [1.82, 2.24) is 4.31 Å². The van der Waals surface area contributed by atoms with E-state index in [0.717, 1.165) is 46.5 Å². The van der Waals surface area contributed by atoms with E-state index in [9.17, 15) is 21.6 Å². The van der Waals surface area contributed by atoms with Gasteiger partial charge >= 0.3 is 0 Å². The molecule has 0 spiro atoms. The number of hydrogen-bond donors (Lipinski definition) is 1. The second-order valence-electron chi connectivity index (χ2n) is 8.89. The van der Waals surface area contributed by atoms with Gasteiger partial charge in [-0.05, 0) is 62.9 Å². The molecule has 11 heteroatoms. The van der Waals surface area contributed by atoms with E-state index in [-0.39, 0.29) is 16.3 Å². The molecule has 1 fully saturated rings. The highest BCUT2D eigenvalue weighted by molar-refractivity contribution is 7.92. The first kappa shape index (κ1) is 27.0. The van der Waals surface area contributed by atoms with Gasteiger partial charge in [-0.2, -0.15) is 4.31 Å². The van der Waals surface area contributed by atoms with E-state index in [2.05, 4.69) is 5.32 Å². The number of ether oxygens (including phenoxy) is 1. The minimum atomic E-state index is -3.79. The zero-order valence-corrected chi connectivity index (χ0v) is 22.4. The van der Waals surface area contributed by atoms with E-state index in [4.69, 9.17) is 4.74 Å². The van der Waals surface area contributed by atoms with Gasteiger partial charge in [0, 0.05) is 13.1 Å². The highest BCUT2D eigenvalue weighted by atomic mass is 32.2. The molecule has 192 valence electrons. The first-order chi connectivity index (χ1) is 16.3. The topological polar surface area (TPSA) is 113 Å². The fourth-order valence-electron chi connectivity index (χ4n) is 4.45. The van der Waals surface area contributed by atoms with E-state index >= 15 is 0 Å². The molecule has 1 heterocycles. The molecular formula is C24H33N3O6S2. The SMILES string of the molecule is COc1ccc(S(=O)(=O)N2CCCCC2)cc1NC(=O)CN(c1c(C)cc(C)cc1C)S(C)(=O)=O. The number of hydrogen-bond acceptors (Lipinski definition) is 6. The summed E-state index contributed by atoms with van der Waals surface area (Å²) in [5.74, 6) is -0.356. The minimum absolute atomic E-state index is 0.0423. The predicted octanol–water partition coefficient (Wildman–Crippen LogP) is 3.20. The van der Waals surface area contributed by atoms with E-state index in [1.54, 1.807) is 13.8 Å². The third-order valence-corrected chi connectivity index (χ3v) is 8.98. The summed E-state index contributed by atoms with van der Waals surface area (Å²) in [6.45, 7) is 5.93. The lowest BCUT2D eigenvalue weighted by molar-refractivity contribution is -0.114. The Morgan fingerprint density at radius 3 is 2.14 bits per heavy atom. The lowest BCUT2D eigenvalue weighted by Crippen LogP contribution is -2.38. The summed E-state index contributed by atoms with van der Waals surface area (Å²) in [6.07, 6.45) is 3.65. The van der Waals surface area contributed by atoms with Gasteiger partial charge < -0.3 is 10.1 Å². The average Bonchev–Trinajstić information content (AvgIpc) is 2.77. The zero-order valence-electron chi connectivity index (χ0n) is 20.8. The largest absolute Gasteiger partial charge is 0.495 e. The fraction of sp³-hybridized carbons (Fsp3) is 0.458. The second kappa shape index (κ2) is 10.5. The van der Waals surface area contributed by atoms with Gasteiger partial charge in [0.1, 0.15) is 12.3 Å². The Bertz CT molecular complexity index is 1290. The van der Waals surface area contributed by atoms with Crippen LogP contribution in [0.15, 0.2) is 35.2 Å². The number of carbonyl (C=O) groups excluding carboxylic acids is 1. The molecule has 3 rings (SSSR count). The molecule has 1 amide bonds. The zero-order chi connectivity index (χ0) is 26.0. The van der Waals surface area contributed by atoms with Crippen LogP contribution in [0.4, 0.5) is 11.4 Å². The van der Waals surface area contributed by atoms with Crippen LogP contribution in [0.1, 0.15) is 36.0 Å². The molecular weight excluding hydrogens is 490 g/mol. The van der Waals surface area contributed by atoms with Gasteiger partial charge in [0.05, 0.1) is 29.6 Å². The number of benzene rings is 2. The molecule has 0 aromatic heterocycles. The Balaban J connectivity index is 1.91. The third-order valence-electron chi connectivity index (χ3n) is 5.97. The summed E-state index contributed by atoms with van der Waals surface area (Å²) in [5, 5.41) is 2.65. The predicted molar refractivity (Wildman–Crippen MR) is 137 cm³/mol. The Kier molecular flexibility index (Phi) is 8.13. The molecule has 1 N–H and O–H groups in total. The molecule has 1 saturated heterocycles. The monoisotopic (exact) mass is 523 g/mol. The number of rotatable bonds is 8. The lowest BCUT2D eigenvalue weighted by atomic mass is 10.1. The lowest BCUT2D eigenvalue weighted by Gasteiger charge is -2.27. The van der Waals surface area contributed by atoms with Gasteiger partial charge in [0.25, 0.3) is 0 Å². The quantitative estimate of drug-likeness (QED) is 0.569. The number of nitrogens with zero attached hydrogens (tertiary/aromatic N) is 2. The Labute approximate surface area is 208 Å². The molecule has 1 aliphatic heterocycles. The maximum Gasteiger partial charge on any atom is 0.245 e. The molecule has 0 saturated carbocycles. The van der Waals surface area contributed by atoms with Crippen LogP contribution in [-0.4, -0.2) is 60.0 Å². The highest BCUT2D eigenvalue weighted by Crippen LogP contribution is 2.31. The number of piperidine rings is 1. The number of anilines is 2. The van der Waals surface area contributed by atoms with Crippen LogP contribution in [0.25, 0.3) is 0 Å². The van der Waals surface area contributed by atoms with Crippen molar-refractivity contribution in [3.05, 3.63) is 47.0 Å². The molecule has 0 radical (unpaired) electrons. The van der Waals surface area contributed by atoms with Crippen molar-refractivity contribution in [1.29, 1.82) is 0 Å². The van der Waals surface area contributed by atoms with Crippen molar-refractivity contribution in [3.63, 3.8) is 0 Å². The number of methoxy groups -OCH3 is 1. The smallest absolute Gasteiger partial charge is 0.245 e. The van der Waals surface area contributed by atoms with Crippen LogP contribution in [0.5, 0.6) is 5.75 Å². The summed E-state index contributed by atoms with van der Waals surface area (Å²) in [7, 11) is -6.11. The molecule has 1 aliphatic rings. The van der Waals surface area contributed by atoms with Crippen LogP contribution < -0.4 is 14.4 Å². The molecule has 35 heavy (non-hydrogen) atoms. The standard InChI is InChI=1S/C24H33N3O6S2/c1-17-13-18(2)24(19(3)14-17)27(34(5,29)30)16-23(28)25-21-15-20(9-10-22(21)33-4)35(31,32)26-11-7-6-8-12-26/h9-10,13-15H,6-8,11-12,16H2,1-5H3,(H,25,28). The summed E-state index contributed by atoms with van der Waals surface area (Å²) in [5.41, 5.74) is 3.04. The normalized spacial score (nSPS) is 15.0. The molecule has 9 nitrogen and oxygen atoms in total. The summed E-state index contributed by atoms with van der Waals surface area (Å²) in [6, 6.07) is 8.00. The summed E-state index contributed by atoms with van der Waals surface area (Å²) in [4.78, 5) is 13.1. The maximum atomic E-state index is 13.1. The van der Waals surface area contributed by atoms with Crippen LogP contribution in [0.3, 0.4) is 0 Å². The van der Waals surface area contributed by atoms with Crippen molar-refractivity contribution >= 4 is 37.3 Å². The highest BCUT2D eigenvalue weighted by Gasteiger charge is 2.28. The van der Waals surface area contributed by atoms with E-state index in [0.29, 0.717) is 18.8 Å². The maximum absolute atomic E-state index is 13.1. The van der Waals surface area contributed by atoms with Gasteiger partial charge in [0.15, 0.2) is 0 Å². The van der Waals surface area contributed by atoms with Crippen LogP contribution in [0, 0.1) is 20.8 Å². The number of sulfonamides is 2. The van der Waals surface area contributed by atoms with Crippen molar-refractivity contribution in [2.75, 3.05) is 42.6 Å². The first-order valence-electron chi connectivity index (χ1n) is 11.4.